The van der Waals surface area contributed by atoms with E-state index in [0.717, 1.165) is 21.8 Å². The summed E-state index contributed by atoms with van der Waals surface area (Å²) < 4.78 is 4.96. The fourth-order valence-electron chi connectivity index (χ4n) is 2.88. The van der Waals surface area contributed by atoms with Gasteiger partial charge in [-0.05, 0) is 41.8 Å². The summed E-state index contributed by atoms with van der Waals surface area (Å²) in [7, 11) is 1.36. The number of thiophene rings is 1. The van der Waals surface area contributed by atoms with E-state index < -0.39 is 6.04 Å². The van der Waals surface area contributed by atoms with Crippen LogP contribution in [0.15, 0.2) is 40.6 Å². The van der Waals surface area contributed by atoms with Crippen LogP contribution >= 0.6 is 23.1 Å². The largest absolute Gasteiger partial charge is 0.467 e. The Balaban J connectivity index is 2.01. The summed E-state index contributed by atoms with van der Waals surface area (Å²) in [5, 5.41) is 1.96. The highest BCUT2D eigenvalue weighted by molar-refractivity contribution is 7.98. The number of ether oxygens (including phenoxy) is 1. The average molecular weight is 347 g/mol. The molecule has 0 N–H and O–H groups in total. The zero-order valence-corrected chi connectivity index (χ0v) is 14.6. The lowest BCUT2D eigenvalue weighted by Crippen LogP contribution is -2.43. The number of methoxy groups -OCH3 is 1. The highest BCUT2D eigenvalue weighted by Crippen LogP contribution is 2.35. The topological polar surface area (TPSA) is 46.6 Å². The van der Waals surface area contributed by atoms with Gasteiger partial charge in [0.25, 0.3) is 5.91 Å². The van der Waals surface area contributed by atoms with Crippen molar-refractivity contribution in [2.24, 2.45) is 0 Å². The van der Waals surface area contributed by atoms with Gasteiger partial charge in [-0.3, -0.25) is 4.79 Å². The molecule has 1 amide bonds. The lowest BCUT2D eigenvalue weighted by molar-refractivity contribution is -0.146. The van der Waals surface area contributed by atoms with Gasteiger partial charge in [0, 0.05) is 16.3 Å². The number of amides is 1. The van der Waals surface area contributed by atoms with Crippen molar-refractivity contribution >= 4 is 35.0 Å². The smallest absolute Gasteiger partial charge is 0.333 e. The standard InChI is InChI=1S/C17H17NO3S2/c1-21-17(20)15-11-8-10-23-14(11)7-9-18(15)16(19)12-5-3-4-6-13(12)22-2/h3-6,8,10,15H,7,9H2,1-2H3. The van der Waals surface area contributed by atoms with Crippen molar-refractivity contribution < 1.29 is 14.3 Å². The molecule has 0 fully saturated rings. The Kier molecular flexibility index (Phi) is 4.73. The molecule has 0 saturated heterocycles. The Hall–Kier alpha value is -1.79. The SMILES string of the molecule is COC(=O)C1c2ccsc2CCN1C(=O)c1ccccc1SC. The summed E-state index contributed by atoms with van der Waals surface area (Å²) in [6, 6.07) is 8.75. The van der Waals surface area contributed by atoms with E-state index in [0.29, 0.717) is 12.1 Å². The number of esters is 1. The van der Waals surface area contributed by atoms with Gasteiger partial charge in [-0.1, -0.05) is 12.1 Å². The first kappa shape index (κ1) is 16.1. The molecule has 1 atom stereocenters. The van der Waals surface area contributed by atoms with Crippen LogP contribution in [0.1, 0.15) is 26.8 Å². The van der Waals surface area contributed by atoms with Gasteiger partial charge in [0.15, 0.2) is 6.04 Å². The highest BCUT2D eigenvalue weighted by atomic mass is 32.2. The van der Waals surface area contributed by atoms with E-state index in [-0.39, 0.29) is 11.9 Å². The fraction of sp³-hybridized carbons (Fsp3) is 0.294. The van der Waals surface area contributed by atoms with E-state index in [9.17, 15) is 9.59 Å². The Bertz CT molecular complexity index is 741. The van der Waals surface area contributed by atoms with E-state index in [1.807, 2.05) is 42.0 Å². The molecule has 4 nitrogen and oxygen atoms in total. The molecule has 0 aliphatic carbocycles. The summed E-state index contributed by atoms with van der Waals surface area (Å²) >= 11 is 3.15. The van der Waals surface area contributed by atoms with E-state index in [4.69, 9.17) is 4.74 Å². The number of fused-ring (bicyclic) bond motifs is 1. The highest BCUT2D eigenvalue weighted by Gasteiger charge is 2.38. The van der Waals surface area contributed by atoms with E-state index in [2.05, 4.69) is 0 Å². The quantitative estimate of drug-likeness (QED) is 0.631. The third-order valence-corrected chi connectivity index (χ3v) is 5.78. The first-order valence-electron chi connectivity index (χ1n) is 7.25. The summed E-state index contributed by atoms with van der Waals surface area (Å²) in [6.45, 7) is 0.523. The third-order valence-electron chi connectivity index (χ3n) is 3.99. The van der Waals surface area contributed by atoms with Gasteiger partial charge in [0.1, 0.15) is 0 Å². The van der Waals surface area contributed by atoms with Gasteiger partial charge in [-0.25, -0.2) is 4.79 Å². The van der Waals surface area contributed by atoms with E-state index >= 15 is 0 Å². The first-order chi connectivity index (χ1) is 11.2. The van der Waals surface area contributed by atoms with Crippen LogP contribution in [-0.4, -0.2) is 36.7 Å². The molecule has 1 aliphatic heterocycles. The molecule has 0 bridgehead atoms. The first-order valence-corrected chi connectivity index (χ1v) is 9.36. The van der Waals surface area contributed by atoms with Crippen LogP contribution in [-0.2, 0) is 16.0 Å². The maximum atomic E-state index is 13.1. The lowest BCUT2D eigenvalue weighted by Gasteiger charge is -2.34. The molecule has 0 saturated carbocycles. The number of benzene rings is 1. The molecule has 6 heteroatoms. The normalized spacial score (nSPS) is 16.8. The van der Waals surface area contributed by atoms with Crippen molar-refractivity contribution in [3.8, 4) is 0 Å². The van der Waals surface area contributed by atoms with Crippen LogP contribution in [0.3, 0.4) is 0 Å². The number of nitrogens with zero attached hydrogens (tertiary/aromatic N) is 1. The Morgan fingerprint density at radius 1 is 1.30 bits per heavy atom. The minimum absolute atomic E-state index is 0.123. The minimum atomic E-state index is -0.655. The summed E-state index contributed by atoms with van der Waals surface area (Å²) in [5.41, 5.74) is 1.52. The molecule has 120 valence electrons. The molecule has 3 rings (SSSR count). The van der Waals surface area contributed by atoms with Crippen molar-refractivity contribution in [1.82, 2.24) is 4.90 Å². The van der Waals surface area contributed by atoms with Gasteiger partial charge in [0.2, 0.25) is 0 Å². The van der Waals surface area contributed by atoms with Crippen molar-refractivity contribution in [3.63, 3.8) is 0 Å². The number of hydrogen-bond acceptors (Lipinski definition) is 5. The Morgan fingerprint density at radius 2 is 2.09 bits per heavy atom. The van der Waals surface area contributed by atoms with Gasteiger partial charge in [-0.15, -0.1) is 23.1 Å². The van der Waals surface area contributed by atoms with Crippen molar-refractivity contribution in [2.45, 2.75) is 17.4 Å². The number of carbonyl (C=O) groups excluding carboxylic acids is 2. The molecular formula is C17H17NO3S2. The molecule has 0 radical (unpaired) electrons. The summed E-state index contributed by atoms with van der Waals surface area (Å²) in [5.74, 6) is -0.512. The van der Waals surface area contributed by atoms with Crippen LogP contribution in [0.5, 0.6) is 0 Å². The second kappa shape index (κ2) is 6.76. The predicted molar refractivity (Wildman–Crippen MR) is 92.0 cm³/mol. The third kappa shape index (κ3) is 2.88. The monoisotopic (exact) mass is 347 g/mol. The summed E-state index contributed by atoms with van der Waals surface area (Å²) in [4.78, 5) is 29.1. The van der Waals surface area contributed by atoms with Crippen LogP contribution in [0, 0.1) is 0 Å². The van der Waals surface area contributed by atoms with E-state index in [1.54, 1.807) is 16.2 Å². The van der Waals surface area contributed by atoms with Crippen LogP contribution in [0.2, 0.25) is 0 Å². The minimum Gasteiger partial charge on any atom is -0.467 e. The molecule has 1 unspecified atom stereocenters. The second-order valence-corrected chi connectivity index (χ2v) is 7.02. The Labute approximate surface area is 143 Å². The Morgan fingerprint density at radius 3 is 2.83 bits per heavy atom. The maximum Gasteiger partial charge on any atom is 0.333 e. The van der Waals surface area contributed by atoms with Crippen LogP contribution in [0.4, 0.5) is 0 Å². The molecular weight excluding hydrogens is 330 g/mol. The van der Waals surface area contributed by atoms with Crippen LogP contribution < -0.4 is 0 Å². The van der Waals surface area contributed by atoms with Crippen LogP contribution in [0.25, 0.3) is 0 Å². The zero-order valence-electron chi connectivity index (χ0n) is 12.9. The molecule has 2 aromatic rings. The van der Waals surface area contributed by atoms with Gasteiger partial charge in [0.05, 0.1) is 12.7 Å². The van der Waals surface area contributed by atoms with Crippen molar-refractivity contribution in [1.29, 1.82) is 0 Å². The molecule has 1 aromatic carbocycles. The van der Waals surface area contributed by atoms with Crippen molar-refractivity contribution in [3.05, 3.63) is 51.7 Å². The number of thioether (sulfide) groups is 1. The maximum absolute atomic E-state index is 13.1. The van der Waals surface area contributed by atoms with Gasteiger partial charge in [-0.2, -0.15) is 0 Å². The molecule has 2 heterocycles. The number of rotatable bonds is 3. The molecule has 1 aromatic heterocycles. The number of hydrogen-bond donors (Lipinski definition) is 0. The van der Waals surface area contributed by atoms with E-state index in [1.165, 1.54) is 18.9 Å². The predicted octanol–water partition coefficient (Wildman–Crippen LogP) is 3.38. The number of carbonyl (C=O) groups is 2. The van der Waals surface area contributed by atoms with Crippen molar-refractivity contribution in [2.75, 3.05) is 19.9 Å². The summed E-state index contributed by atoms with van der Waals surface area (Å²) in [6.07, 6.45) is 2.71. The lowest BCUT2D eigenvalue weighted by atomic mass is 9.99. The van der Waals surface area contributed by atoms with Gasteiger partial charge < -0.3 is 9.64 Å². The molecule has 0 spiro atoms. The molecule has 1 aliphatic rings. The zero-order chi connectivity index (χ0) is 16.4. The molecule has 23 heavy (non-hydrogen) atoms. The van der Waals surface area contributed by atoms with Gasteiger partial charge >= 0.3 is 5.97 Å². The average Bonchev–Trinajstić information content (AvgIpc) is 3.08. The fourth-order valence-corrected chi connectivity index (χ4v) is 4.37. The second-order valence-electron chi connectivity index (χ2n) is 5.17.